The first-order valence-electron chi connectivity index (χ1n) is 3.38. The largest absolute Gasteiger partial charge is 0.462 e. The molecule has 0 heterocycles. The van der Waals surface area contributed by atoms with E-state index in [1.54, 1.807) is 0 Å². The summed E-state index contributed by atoms with van der Waals surface area (Å²) in [4.78, 5) is 9.94. The Labute approximate surface area is 62.6 Å². The second kappa shape index (κ2) is 3.59. The lowest BCUT2D eigenvalue weighted by atomic mass is 10.1. The van der Waals surface area contributed by atoms with Gasteiger partial charge in [-0.15, -0.1) is 0 Å². The molecule has 0 spiro atoms. The lowest BCUT2D eigenvalue weighted by Gasteiger charge is -2.20. The van der Waals surface area contributed by atoms with Crippen LogP contribution in [0.5, 0.6) is 0 Å². The smallest absolute Gasteiger partial charge is 0.293 e. The summed E-state index contributed by atoms with van der Waals surface area (Å²) >= 11 is 0. The van der Waals surface area contributed by atoms with Crippen LogP contribution in [-0.2, 0) is 9.53 Å². The van der Waals surface area contributed by atoms with E-state index in [0.717, 1.165) is 12.8 Å². The summed E-state index contributed by atoms with van der Waals surface area (Å²) in [5.41, 5.74) is -0.123. The standard InChI is InChI=1S/C7H12O2.CH4/c1-7(9-6-8)4-2-3-5-7;/h6H,2-5H2,1H3;1H4. The molecule has 1 aliphatic carbocycles. The fourth-order valence-electron chi connectivity index (χ4n) is 1.36. The molecule has 10 heavy (non-hydrogen) atoms. The number of carbonyl (C=O) groups is 1. The van der Waals surface area contributed by atoms with Crippen LogP contribution >= 0.6 is 0 Å². The van der Waals surface area contributed by atoms with E-state index in [4.69, 9.17) is 4.74 Å². The van der Waals surface area contributed by atoms with Gasteiger partial charge in [0.15, 0.2) is 0 Å². The van der Waals surface area contributed by atoms with Gasteiger partial charge in [-0.2, -0.15) is 0 Å². The second-order valence-electron chi connectivity index (χ2n) is 2.87. The van der Waals surface area contributed by atoms with E-state index in [2.05, 4.69) is 0 Å². The van der Waals surface area contributed by atoms with Crippen molar-refractivity contribution in [2.24, 2.45) is 0 Å². The maximum absolute atomic E-state index is 9.94. The molecule has 1 fully saturated rings. The highest BCUT2D eigenvalue weighted by Crippen LogP contribution is 2.31. The molecule has 2 nitrogen and oxygen atoms in total. The Hall–Kier alpha value is -0.530. The lowest BCUT2D eigenvalue weighted by molar-refractivity contribution is -0.141. The molecule has 0 aromatic heterocycles. The zero-order valence-electron chi connectivity index (χ0n) is 5.72. The van der Waals surface area contributed by atoms with Gasteiger partial charge in [0.05, 0.1) is 0 Å². The topological polar surface area (TPSA) is 26.3 Å². The van der Waals surface area contributed by atoms with Crippen LogP contribution < -0.4 is 0 Å². The van der Waals surface area contributed by atoms with Crippen molar-refractivity contribution in [1.29, 1.82) is 0 Å². The van der Waals surface area contributed by atoms with Crippen molar-refractivity contribution in [3.63, 3.8) is 0 Å². The summed E-state index contributed by atoms with van der Waals surface area (Å²) in [5, 5.41) is 0. The van der Waals surface area contributed by atoms with Crippen molar-refractivity contribution in [3.8, 4) is 0 Å². The molecule has 0 saturated heterocycles. The van der Waals surface area contributed by atoms with Gasteiger partial charge in [-0.05, 0) is 32.6 Å². The SMILES string of the molecule is C.CC1(OC=O)CCCC1. The number of hydrogen-bond donors (Lipinski definition) is 0. The second-order valence-corrected chi connectivity index (χ2v) is 2.87. The molecular formula is C8H16O2. The van der Waals surface area contributed by atoms with E-state index in [0.29, 0.717) is 6.47 Å². The van der Waals surface area contributed by atoms with Crippen LogP contribution in [0.3, 0.4) is 0 Å². The Morgan fingerprint density at radius 1 is 1.40 bits per heavy atom. The van der Waals surface area contributed by atoms with E-state index < -0.39 is 0 Å². The predicted molar refractivity (Wildman–Crippen MR) is 40.8 cm³/mol. The van der Waals surface area contributed by atoms with Crippen molar-refractivity contribution in [1.82, 2.24) is 0 Å². The van der Waals surface area contributed by atoms with Crippen LogP contribution in [-0.4, -0.2) is 12.1 Å². The van der Waals surface area contributed by atoms with Gasteiger partial charge in [0.2, 0.25) is 0 Å². The predicted octanol–water partition coefficient (Wildman–Crippen LogP) is 2.13. The molecule has 1 rings (SSSR count). The van der Waals surface area contributed by atoms with Crippen LogP contribution in [0.15, 0.2) is 0 Å². The monoisotopic (exact) mass is 144 g/mol. The Morgan fingerprint density at radius 2 is 1.90 bits per heavy atom. The van der Waals surface area contributed by atoms with Crippen molar-refractivity contribution < 1.29 is 9.53 Å². The van der Waals surface area contributed by atoms with E-state index >= 15 is 0 Å². The van der Waals surface area contributed by atoms with Gasteiger partial charge in [-0.3, -0.25) is 4.79 Å². The van der Waals surface area contributed by atoms with E-state index in [-0.39, 0.29) is 13.0 Å². The minimum absolute atomic E-state index is 0. The number of rotatable bonds is 2. The molecule has 0 aliphatic heterocycles. The molecule has 0 aromatic carbocycles. The third-order valence-electron chi connectivity index (χ3n) is 1.99. The van der Waals surface area contributed by atoms with Crippen LogP contribution in [0, 0.1) is 0 Å². The minimum atomic E-state index is -0.123. The van der Waals surface area contributed by atoms with Crippen molar-refractivity contribution in [2.45, 2.75) is 45.6 Å². The number of ether oxygens (including phenoxy) is 1. The zero-order valence-corrected chi connectivity index (χ0v) is 5.72. The van der Waals surface area contributed by atoms with Crippen LogP contribution in [0.25, 0.3) is 0 Å². The molecule has 0 unspecified atom stereocenters. The van der Waals surface area contributed by atoms with Crippen LogP contribution in [0.1, 0.15) is 40.0 Å². The first kappa shape index (κ1) is 9.47. The molecule has 60 valence electrons. The van der Waals surface area contributed by atoms with Crippen molar-refractivity contribution in [3.05, 3.63) is 0 Å². The molecule has 1 saturated carbocycles. The number of carbonyl (C=O) groups excluding carboxylic acids is 1. The quantitative estimate of drug-likeness (QED) is 0.555. The summed E-state index contributed by atoms with van der Waals surface area (Å²) in [5.74, 6) is 0. The van der Waals surface area contributed by atoms with Crippen molar-refractivity contribution >= 4 is 6.47 Å². The van der Waals surface area contributed by atoms with Gasteiger partial charge >= 0.3 is 0 Å². The summed E-state index contributed by atoms with van der Waals surface area (Å²) in [6.45, 7) is 2.56. The molecular weight excluding hydrogens is 128 g/mol. The first-order chi connectivity index (χ1) is 4.27. The van der Waals surface area contributed by atoms with E-state index in [9.17, 15) is 4.79 Å². The third-order valence-corrected chi connectivity index (χ3v) is 1.99. The minimum Gasteiger partial charge on any atom is -0.462 e. The van der Waals surface area contributed by atoms with Gasteiger partial charge in [-0.25, -0.2) is 0 Å². The van der Waals surface area contributed by atoms with E-state index in [1.807, 2.05) is 6.92 Å². The highest BCUT2D eigenvalue weighted by atomic mass is 16.5. The highest BCUT2D eigenvalue weighted by molar-refractivity contribution is 5.38. The molecule has 0 aromatic rings. The maximum atomic E-state index is 9.94. The van der Waals surface area contributed by atoms with Gasteiger partial charge < -0.3 is 4.74 Å². The van der Waals surface area contributed by atoms with Gasteiger partial charge in [0.1, 0.15) is 5.60 Å². The zero-order chi connectivity index (χ0) is 6.74. The molecule has 0 atom stereocenters. The normalized spacial score (nSPS) is 21.3. The summed E-state index contributed by atoms with van der Waals surface area (Å²) in [6.07, 6.45) is 4.46. The van der Waals surface area contributed by atoms with Crippen LogP contribution in [0.2, 0.25) is 0 Å². The third kappa shape index (κ3) is 2.01. The maximum Gasteiger partial charge on any atom is 0.293 e. The summed E-state index contributed by atoms with van der Waals surface area (Å²) in [7, 11) is 0. The Morgan fingerprint density at radius 3 is 2.30 bits per heavy atom. The molecule has 1 aliphatic rings. The Kier molecular flexibility index (Phi) is 3.40. The summed E-state index contributed by atoms with van der Waals surface area (Å²) < 4.78 is 4.91. The Balaban J connectivity index is 0.000000810. The lowest BCUT2D eigenvalue weighted by Crippen LogP contribution is -2.23. The highest BCUT2D eigenvalue weighted by Gasteiger charge is 2.29. The Bertz CT molecular complexity index is 104. The fourth-order valence-corrected chi connectivity index (χ4v) is 1.36. The van der Waals surface area contributed by atoms with Gasteiger partial charge in [0, 0.05) is 0 Å². The summed E-state index contributed by atoms with van der Waals surface area (Å²) in [6, 6.07) is 0. The first-order valence-corrected chi connectivity index (χ1v) is 3.38. The fraction of sp³-hybridized carbons (Fsp3) is 0.875. The van der Waals surface area contributed by atoms with Crippen molar-refractivity contribution in [2.75, 3.05) is 0 Å². The average Bonchev–Trinajstić information content (AvgIpc) is 2.16. The molecule has 0 N–H and O–H groups in total. The molecule has 0 amide bonds. The molecule has 0 radical (unpaired) electrons. The van der Waals surface area contributed by atoms with Gasteiger partial charge in [0.25, 0.3) is 6.47 Å². The molecule has 2 heteroatoms. The van der Waals surface area contributed by atoms with E-state index in [1.165, 1.54) is 12.8 Å². The van der Waals surface area contributed by atoms with Crippen LogP contribution in [0.4, 0.5) is 0 Å². The number of hydrogen-bond acceptors (Lipinski definition) is 2. The van der Waals surface area contributed by atoms with Gasteiger partial charge in [-0.1, -0.05) is 7.43 Å². The molecule has 0 bridgehead atoms. The average molecular weight is 144 g/mol.